The van der Waals surface area contributed by atoms with Crippen LogP contribution in [0.4, 0.5) is 15.8 Å². The number of rotatable bonds is 2. The molecule has 0 bridgehead atoms. The van der Waals surface area contributed by atoms with Crippen LogP contribution in [0.25, 0.3) is 0 Å². The number of anilines is 2. The summed E-state index contributed by atoms with van der Waals surface area (Å²) in [5, 5.41) is 3.30. The maximum Gasteiger partial charge on any atom is 0.148 e. The van der Waals surface area contributed by atoms with Crippen LogP contribution in [0.3, 0.4) is 0 Å². The van der Waals surface area contributed by atoms with E-state index in [1.54, 1.807) is 12.1 Å². The van der Waals surface area contributed by atoms with Gasteiger partial charge in [-0.1, -0.05) is 20.3 Å². The Morgan fingerprint density at radius 1 is 1.41 bits per heavy atom. The summed E-state index contributed by atoms with van der Waals surface area (Å²) in [6.07, 6.45) is 4.68. The summed E-state index contributed by atoms with van der Waals surface area (Å²) >= 11 is 0. The zero-order valence-corrected chi connectivity index (χ0v) is 10.6. The molecule has 1 aliphatic rings. The molecule has 1 fully saturated rings. The van der Waals surface area contributed by atoms with E-state index in [4.69, 9.17) is 5.73 Å². The number of hydrogen-bond acceptors (Lipinski definition) is 2. The van der Waals surface area contributed by atoms with Crippen molar-refractivity contribution in [1.82, 2.24) is 0 Å². The molecule has 0 amide bonds. The third-order valence-electron chi connectivity index (χ3n) is 3.56. The summed E-state index contributed by atoms with van der Waals surface area (Å²) in [6, 6.07) is 5.21. The lowest BCUT2D eigenvalue weighted by Crippen LogP contribution is -2.32. The monoisotopic (exact) mass is 236 g/mol. The van der Waals surface area contributed by atoms with Crippen molar-refractivity contribution < 1.29 is 4.39 Å². The van der Waals surface area contributed by atoms with Gasteiger partial charge in [-0.2, -0.15) is 0 Å². The van der Waals surface area contributed by atoms with Crippen molar-refractivity contribution in [2.24, 2.45) is 5.41 Å². The van der Waals surface area contributed by atoms with Crippen LogP contribution < -0.4 is 11.1 Å². The van der Waals surface area contributed by atoms with Gasteiger partial charge in [0.1, 0.15) is 5.82 Å². The minimum atomic E-state index is -0.256. The van der Waals surface area contributed by atoms with Crippen LogP contribution in [0.15, 0.2) is 18.2 Å². The minimum Gasteiger partial charge on any atom is -0.399 e. The van der Waals surface area contributed by atoms with Crippen LogP contribution in [0, 0.1) is 11.2 Å². The quantitative estimate of drug-likeness (QED) is 0.767. The number of hydrogen-bond donors (Lipinski definition) is 2. The van der Waals surface area contributed by atoms with Crippen molar-refractivity contribution in [2.45, 2.75) is 45.6 Å². The molecule has 2 rings (SSSR count). The van der Waals surface area contributed by atoms with Gasteiger partial charge in [-0.3, -0.25) is 0 Å². The molecule has 1 aromatic rings. The van der Waals surface area contributed by atoms with E-state index in [0.717, 1.165) is 12.8 Å². The van der Waals surface area contributed by atoms with Crippen molar-refractivity contribution >= 4 is 11.4 Å². The number of nitrogens with two attached hydrogens (primary N) is 1. The van der Waals surface area contributed by atoms with Gasteiger partial charge in [0.2, 0.25) is 0 Å². The topological polar surface area (TPSA) is 38.0 Å². The molecule has 94 valence electrons. The molecule has 3 heteroatoms. The second-order valence-corrected chi connectivity index (χ2v) is 5.84. The van der Waals surface area contributed by atoms with Crippen molar-refractivity contribution in [3.8, 4) is 0 Å². The molecule has 17 heavy (non-hydrogen) atoms. The van der Waals surface area contributed by atoms with Crippen molar-refractivity contribution in [1.29, 1.82) is 0 Å². The molecule has 3 N–H and O–H groups in total. The van der Waals surface area contributed by atoms with Gasteiger partial charge in [0.15, 0.2) is 0 Å². The van der Waals surface area contributed by atoms with E-state index in [2.05, 4.69) is 19.2 Å². The Balaban J connectivity index is 2.05. The van der Waals surface area contributed by atoms with E-state index in [9.17, 15) is 4.39 Å². The molecule has 0 aliphatic heterocycles. The Labute approximate surface area is 102 Å². The lowest BCUT2D eigenvalue weighted by molar-refractivity contribution is 0.229. The molecule has 0 spiro atoms. The zero-order valence-electron chi connectivity index (χ0n) is 10.6. The predicted octanol–water partition coefficient (Wildman–Crippen LogP) is 3.79. The van der Waals surface area contributed by atoms with Gasteiger partial charge in [-0.15, -0.1) is 0 Å². The Morgan fingerprint density at radius 2 is 2.18 bits per heavy atom. The maximum atomic E-state index is 13.7. The smallest absolute Gasteiger partial charge is 0.148 e. The SMILES string of the molecule is CC1(C)CCCC(Nc2ccc(N)cc2F)C1. The van der Waals surface area contributed by atoms with Gasteiger partial charge in [0.05, 0.1) is 5.69 Å². The van der Waals surface area contributed by atoms with Crippen molar-refractivity contribution in [2.75, 3.05) is 11.1 Å². The van der Waals surface area contributed by atoms with Gasteiger partial charge >= 0.3 is 0 Å². The van der Waals surface area contributed by atoms with Crippen LogP contribution in [0.5, 0.6) is 0 Å². The van der Waals surface area contributed by atoms with Crippen molar-refractivity contribution in [3.05, 3.63) is 24.0 Å². The Bertz CT molecular complexity index is 401. The third kappa shape index (κ3) is 3.11. The first kappa shape index (κ1) is 12.2. The van der Waals surface area contributed by atoms with E-state index in [1.165, 1.54) is 18.9 Å². The molecule has 1 aromatic carbocycles. The van der Waals surface area contributed by atoms with Gasteiger partial charge in [0, 0.05) is 11.7 Å². The Hall–Kier alpha value is -1.25. The molecule has 0 heterocycles. The molecule has 2 nitrogen and oxygen atoms in total. The Kier molecular flexibility index (Phi) is 3.27. The van der Waals surface area contributed by atoms with Crippen LogP contribution in [0.2, 0.25) is 0 Å². The highest BCUT2D eigenvalue weighted by atomic mass is 19.1. The molecule has 0 aromatic heterocycles. The lowest BCUT2D eigenvalue weighted by Gasteiger charge is -2.36. The van der Waals surface area contributed by atoms with E-state index >= 15 is 0 Å². The number of halogens is 1. The number of benzene rings is 1. The first-order valence-corrected chi connectivity index (χ1v) is 6.28. The summed E-state index contributed by atoms with van der Waals surface area (Å²) in [5.41, 5.74) is 6.94. The largest absolute Gasteiger partial charge is 0.399 e. The lowest BCUT2D eigenvalue weighted by atomic mass is 9.75. The standard InChI is InChI=1S/C14H21FN2/c1-14(2)7-3-4-11(9-14)17-13-6-5-10(16)8-12(13)15/h5-6,8,11,17H,3-4,7,9,16H2,1-2H3. The average Bonchev–Trinajstić information content (AvgIpc) is 2.21. The summed E-state index contributed by atoms with van der Waals surface area (Å²) < 4.78 is 13.7. The van der Waals surface area contributed by atoms with Gasteiger partial charge in [0.25, 0.3) is 0 Å². The third-order valence-corrected chi connectivity index (χ3v) is 3.56. The van der Waals surface area contributed by atoms with E-state index < -0.39 is 0 Å². The van der Waals surface area contributed by atoms with E-state index in [0.29, 0.717) is 22.8 Å². The van der Waals surface area contributed by atoms with Gasteiger partial charge in [-0.25, -0.2) is 4.39 Å². The molecule has 1 atom stereocenters. The number of nitrogen functional groups attached to an aromatic ring is 1. The fraction of sp³-hybridized carbons (Fsp3) is 0.571. The second-order valence-electron chi connectivity index (χ2n) is 5.84. The first-order chi connectivity index (χ1) is 7.96. The highest BCUT2D eigenvalue weighted by Crippen LogP contribution is 2.36. The molecule has 1 saturated carbocycles. The fourth-order valence-electron chi connectivity index (χ4n) is 2.69. The van der Waals surface area contributed by atoms with Gasteiger partial charge < -0.3 is 11.1 Å². The predicted molar refractivity (Wildman–Crippen MR) is 70.5 cm³/mol. The molecule has 1 unspecified atom stereocenters. The molecule has 0 radical (unpaired) electrons. The maximum absolute atomic E-state index is 13.7. The first-order valence-electron chi connectivity index (χ1n) is 6.28. The summed E-state index contributed by atoms with van der Waals surface area (Å²) in [7, 11) is 0. The fourth-order valence-corrected chi connectivity index (χ4v) is 2.69. The van der Waals surface area contributed by atoms with E-state index in [1.807, 2.05) is 0 Å². The van der Waals surface area contributed by atoms with Crippen molar-refractivity contribution in [3.63, 3.8) is 0 Å². The second kappa shape index (κ2) is 4.55. The zero-order chi connectivity index (χ0) is 12.5. The molecular formula is C14H21FN2. The van der Waals surface area contributed by atoms with Crippen LogP contribution >= 0.6 is 0 Å². The summed E-state index contributed by atoms with van der Waals surface area (Å²) in [6.45, 7) is 4.56. The van der Waals surface area contributed by atoms with Crippen LogP contribution in [-0.4, -0.2) is 6.04 Å². The average molecular weight is 236 g/mol. The summed E-state index contributed by atoms with van der Waals surface area (Å²) in [4.78, 5) is 0. The van der Waals surface area contributed by atoms with Gasteiger partial charge in [-0.05, 0) is 42.9 Å². The molecular weight excluding hydrogens is 215 g/mol. The molecule has 1 aliphatic carbocycles. The van der Waals surface area contributed by atoms with Crippen LogP contribution in [0.1, 0.15) is 39.5 Å². The Morgan fingerprint density at radius 3 is 2.82 bits per heavy atom. The molecule has 0 saturated heterocycles. The highest BCUT2D eigenvalue weighted by Gasteiger charge is 2.28. The minimum absolute atomic E-state index is 0.256. The summed E-state index contributed by atoms with van der Waals surface area (Å²) in [5.74, 6) is -0.256. The number of nitrogens with one attached hydrogen (secondary N) is 1. The van der Waals surface area contributed by atoms with E-state index in [-0.39, 0.29) is 5.82 Å². The van der Waals surface area contributed by atoms with Crippen LogP contribution in [-0.2, 0) is 0 Å². The normalized spacial score (nSPS) is 23.4. The highest BCUT2D eigenvalue weighted by molar-refractivity contribution is 5.53.